The van der Waals surface area contributed by atoms with Crippen LogP contribution in [-0.4, -0.2) is 63.2 Å². The first-order valence-electron chi connectivity index (χ1n) is 11.0. The predicted molar refractivity (Wildman–Crippen MR) is 125 cm³/mol. The summed E-state index contributed by atoms with van der Waals surface area (Å²) in [4.78, 5) is 38.7. The van der Waals surface area contributed by atoms with Gasteiger partial charge >= 0.3 is 0 Å². The Kier molecular flexibility index (Phi) is 6.85. The summed E-state index contributed by atoms with van der Waals surface area (Å²) in [6.45, 7) is 2.66. The van der Waals surface area contributed by atoms with Gasteiger partial charge in [0, 0.05) is 31.7 Å². The number of carbonyl (C=O) groups is 3. The molecule has 1 atom stereocenters. The molecule has 2 N–H and O–H groups in total. The monoisotopic (exact) mass is 486 g/mol. The Morgan fingerprint density at radius 3 is 2.74 bits per heavy atom. The van der Waals surface area contributed by atoms with Crippen molar-refractivity contribution in [2.75, 3.05) is 43.0 Å². The van der Waals surface area contributed by atoms with Crippen LogP contribution in [0.25, 0.3) is 0 Å². The maximum atomic E-state index is 12.9. The topological polar surface area (TPSA) is 125 Å². The van der Waals surface area contributed by atoms with Crippen molar-refractivity contribution in [3.8, 4) is 5.75 Å². The van der Waals surface area contributed by atoms with E-state index in [1.54, 1.807) is 24.3 Å². The number of benzene rings is 2. The van der Waals surface area contributed by atoms with Crippen LogP contribution in [0, 0.1) is 5.92 Å². The molecule has 0 bridgehead atoms. The van der Waals surface area contributed by atoms with Crippen LogP contribution < -0.4 is 20.3 Å². The normalized spacial score (nSPS) is 19.1. The molecule has 4 rings (SSSR count). The highest BCUT2D eigenvalue weighted by molar-refractivity contribution is 7.89. The first-order chi connectivity index (χ1) is 16.3. The van der Waals surface area contributed by atoms with Gasteiger partial charge in [-0.15, -0.1) is 0 Å². The molecule has 0 spiro atoms. The lowest BCUT2D eigenvalue weighted by atomic mass is 10.1. The van der Waals surface area contributed by atoms with Gasteiger partial charge in [0.1, 0.15) is 5.75 Å². The first kappa shape index (κ1) is 23.7. The van der Waals surface area contributed by atoms with E-state index in [0.29, 0.717) is 23.7 Å². The Labute approximate surface area is 197 Å². The molecule has 3 amide bonds. The molecule has 2 saturated heterocycles. The van der Waals surface area contributed by atoms with E-state index in [4.69, 9.17) is 4.74 Å². The Balaban J connectivity index is 1.47. The third kappa shape index (κ3) is 4.90. The van der Waals surface area contributed by atoms with Crippen molar-refractivity contribution >= 4 is 39.1 Å². The first-order valence-corrected chi connectivity index (χ1v) is 12.4. The van der Waals surface area contributed by atoms with Gasteiger partial charge in [-0.1, -0.05) is 18.2 Å². The van der Waals surface area contributed by atoms with Gasteiger partial charge < -0.3 is 20.3 Å². The van der Waals surface area contributed by atoms with E-state index in [-0.39, 0.29) is 55.2 Å². The SMILES string of the molecule is CCOc1ccccc1N1CC(C(=O)Nc2cccc(S(=O)(=O)N3CCNC(=O)C3)c2)CC1=O. The average Bonchev–Trinajstić information content (AvgIpc) is 3.21. The van der Waals surface area contributed by atoms with Gasteiger partial charge in [-0.05, 0) is 37.3 Å². The minimum absolute atomic E-state index is 0.0187. The van der Waals surface area contributed by atoms with E-state index < -0.39 is 15.9 Å². The highest BCUT2D eigenvalue weighted by Gasteiger charge is 2.36. The summed E-state index contributed by atoms with van der Waals surface area (Å²) in [6.07, 6.45) is 0.0349. The maximum Gasteiger partial charge on any atom is 0.243 e. The Morgan fingerprint density at radius 1 is 1.18 bits per heavy atom. The summed E-state index contributed by atoms with van der Waals surface area (Å²) >= 11 is 0. The van der Waals surface area contributed by atoms with Gasteiger partial charge in [0.25, 0.3) is 0 Å². The van der Waals surface area contributed by atoms with E-state index in [9.17, 15) is 22.8 Å². The van der Waals surface area contributed by atoms with Crippen molar-refractivity contribution in [2.24, 2.45) is 5.92 Å². The number of piperazine rings is 1. The predicted octanol–water partition coefficient (Wildman–Crippen LogP) is 1.20. The molecule has 2 aliphatic rings. The van der Waals surface area contributed by atoms with E-state index in [0.717, 1.165) is 4.31 Å². The van der Waals surface area contributed by atoms with Crippen molar-refractivity contribution in [1.82, 2.24) is 9.62 Å². The molecule has 0 aliphatic carbocycles. The van der Waals surface area contributed by atoms with Crippen molar-refractivity contribution in [1.29, 1.82) is 0 Å². The minimum Gasteiger partial charge on any atom is -0.492 e. The van der Waals surface area contributed by atoms with Crippen LogP contribution in [0.5, 0.6) is 5.75 Å². The molecule has 2 fully saturated rings. The van der Waals surface area contributed by atoms with Gasteiger partial charge in [0.2, 0.25) is 27.7 Å². The number of anilines is 2. The number of para-hydroxylation sites is 2. The molecule has 34 heavy (non-hydrogen) atoms. The zero-order chi connectivity index (χ0) is 24.3. The number of sulfonamides is 1. The van der Waals surface area contributed by atoms with Crippen LogP contribution in [-0.2, 0) is 24.4 Å². The number of amides is 3. The van der Waals surface area contributed by atoms with Crippen LogP contribution in [0.1, 0.15) is 13.3 Å². The fourth-order valence-electron chi connectivity index (χ4n) is 4.02. The number of nitrogens with zero attached hydrogens (tertiary/aromatic N) is 2. The Bertz CT molecular complexity index is 1220. The lowest BCUT2D eigenvalue weighted by Gasteiger charge is -2.26. The third-order valence-corrected chi connectivity index (χ3v) is 7.54. The molecular weight excluding hydrogens is 460 g/mol. The largest absolute Gasteiger partial charge is 0.492 e. The molecule has 0 aromatic heterocycles. The number of hydrogen-bond acceptors (Lipinski definition) is 6. The van der Waals surface area contributed by atoms with Crippen molar-refractivity contribution in [3.05, 3.63) is 48.5 Å². The Morgan fingerprint density at radius 2 is 1.97 bits per heavy atom. The minimum atomic E-state index is -3.89. The zero-order valence-corrected chi connectivity index (χ0v) is 19.5. The van der Waals surface area contributed by atoms with E-state index in [1.807, 2.05) is 13.0 Å². The van der Waals surface area contributed by atoms with Crippen LogP contribution >= 0.6 is 0 Å². The summed E-state index contributed by atoms with van der Waals surface area (Å²) in [5.41, 5.74) is 0.913. The third-order valence-electron chi connectivity index (χ3n) is 5.69. The van der Waals surface area contributed by atoms with Crippen LogP contribution in [0.2, 0.25) is 0 Å². The number of carbonyl (C=O) groups excluding carboxylic acids is 3. The quantitative estimate of drug-likeness (QED) is 0.606. The summed E-state index contributed by atoms with van der Waals surface area (Å²) in [7, 11) is -3.89. The second kappa shape index (κ2) is 9.82. The smallest absolute Gasteiger partial charge is 0.243 e. The van der Waals surface area contributed by atoms with Gasteiger partial charge in [-0.3, -0.25) is 14.4 Å². The lowest BCUT2D eigenvalue weighted by molar-refractivity contribution is -0.122. The second-order valence-corrected chi connectivity index (χ2v) is 9.95. The number of ether oxygens (including phenoxy) is 1. The van der Waals surface area contributed by atoms with E-state index >= 15 is 0 Å². The zero-order valence-electron chi connectivity index (χ0n) is 18.7. The molecule has 2 aromatic carbocycles. The van der Waals surface area contributed by atoms with Crippen LogP contribution in [0.4, 0.5) is 11.4 Å². The summed E-state index contributed by atoms with van der Waals surface area (Å²) < 4.78 is 32.6. The van der Waals surface area contributed by atoms with Crippen molar-refractivity contribution in [3.63, 3.8) is 0 Å². The number of nitrogens with one attached hydrogen (secondary N) is 2. The maximum absolute atomic E-state index is 12.9. The average molecular weight is 487 g/mol. The molecule has 180 valence electrons. The number of hydrogen-bond donors (Lipinski definition) is 2. The molecule has 0 saturated carbocycles. The van der Waals surface area contributed by atoms with Gasteiger partial charge in [0.05, 0.1) is 29.7 Å². The summed E-state index contributed by atoms with van der Waals surface area (Å²) in [5, 5.41) is 5.32. The molecule has 1 unspecified atom stereocenters. The Hall–Kier alpha value is -3.44. The standard InChI is InChI=1S/C23H26N4O6S/c1-2-33-20-9-4-3-8-19(20)27-14-16(12-22(27)29)23(30)25-17-6-5-7-18(13-17)34(31,32)26-11-10-24-21(28)15-26/h3-9,13,16H,2,10-12,14-15H2,1H3,(H,24,28)(H,25,30). The fraction of sp³-hybridized carbons (Fsp3) is 0.348. The molecule has 0 radical (unpaired) electrons. The molecule has 2 aromatic rings. The van der Waals surface area contributed by atoms with E-state index in [2.05, 4.69) is 10.6 Å². The van der Waals surface area contributed by atoms with Crippen LogP contribution in [0.15, 0.2) is 53.4 Å². The molecule has 11 heteroatoms. The fourth-order valence-corrected chi connectivity index (χ4v) is 5.47. The van der Waals surface area contributed by atoms with Gasteiger partial charge in [-0.25, -0.2) is 8.42 Å². The summed E-state index contributed by atoms with van der Waals surface area (Å²) in [5.74, 6) is -0.957. The highest BCUT2D eigenvalue weighted by atomic mass is 32.2. The van der Waals surface area contributed by atoms with Crippen molar-refractivity contribution in [2.45, 2.75) is 18.2 Å². The van der Waals surface area contributed by atoms with Crippen LogP contribution in [0.3, 0.4) is 0 Å². The molecule has 10 nitrogen and oxygen atoms in total. The molecular formula is C23H26N4O6S. The summed E-state index contributed by atoms with van der Waals surface area (Å²) in [6, 6.07) is 13.1. The second-order valence-electron chi connectivity index (χ2n) is 8.01. The van der Waals surface area contributed by atoms with Gasteiger partial charge in [0.15, 0.2) is 0 Å². The van der Waals surface area contributed by atoms with Gasteiger partial charge in [-0.2, -0.15) is 4.31 Å². The van der Waals surface area contributed by atoms with E-state index in [1.165, 1.54) is 23.1 Å². The highest BCUT2D eigenvalue weighted by Crippen LogP contribution is 2.33. The lowest BCUT2D eigenvalue weighted by Crippen LogP contribution is -2.49. The molecule has 2 heterocycles. The van der Waals surface area contributed by atoms with Crippen molar-refractivity contribution < 1.29 is 27.5 Å². The molecule has 2 aliphatic heterocycles. The number of rotatable bonds is 7.